The molecule has 1 aromatic heterocycles. The first kappa shape index (κ1) is 17.4. The number of rotatable bonds is 6. The van der Waals surface area contributed by atoms with Crippen molar-refractivity contribution >= 4 is 39.7 Å². The van der Waals surface area contributed by atoms with Crippen molar-refractivity contribution in [2.75, 3.05) is 12.4 Å². The van der Waals surface area contributed by atoms with Crippen LogP contribution in [0.25, 0.3) is 11.3 Å². The lowest BCUT2D eigenvalue weighted by Gasteiger charge is -2.06. The van der Waals surface area contributed by atoms with Gasteiger partial charge in [0.05, 0.1) is 12.8 Å². The van der Waals surface area contributed by atoms with Gasteiger partial charge in [0.25, 0.3) is 0 Å². The third-order valence-corrected chi connectivity index (χ3v) is 4.08. The summed E-state index contributed by atoms with van der Waals surface area (Å²) in [6.45, 7) is 2.04. The number of unbranched alkanes of at least 4 members (excludes halogenated alkanes) is 1. The molecule has 23 heavy (non-hydrogen) atoms. The van der Waals surface area contributed by atoms with Crippen LogP contribution in [-0.2, 0) is 4.79 Å². The minimum atomic E-state index is -0.0729. The molecule has 0 aliphatic carbocycles. The molecule has 0 atom stereocenters. The van der Waals surface area contributed by atoms with E-state index < -0.39 is 0 Å². The second-order valence-corrected chi connectivity index (χ2v) is 6.14. The Morgan fingerprint density at radius 3 is 2.74 bits per heavy atom. The Morgan fingerprint density at radius 1 is 1.35 bits per heavy atom. The minimum absolute atomic E-state index is 0.0729. The van der Waals surface area contributed by atoms with Crippen LogP contribution >= 0.6 is 23.6 Å². The largest absolute Gasteiger partial charge is 0.497 e. The van der Waals surface area contributed by atoms with E-state index >= 15 is 0 Å². The summed E-state index contributed by atoms with van der Waals surface area (Å²) >= 11 is 6.56. The highest BCUT2D eigenvalue weighted by molar-refractivity contribution is 7.80. The quantitative estimate of drug-likeness (QED) is 0.776. The summed E-state index contributed by atoms with van der Waals surface area (Å²) in [6.07, 6.45) is 2.31. The van der Waals surface area contributed by atoms with Crippen molar-refractivity contribution < 1.29 is 9.53 Å². The lowest BCUT2D eigenvalue weighted by Crippen LogP contribution is -2.33. The number of nitrogens with one attached hydrogen (secondary N) is 2. The molecular formula is C16H19N3O2S2. The van der Waals surface area contributed by atoms with E-state index in [0.29, 0.717) is 11.6 Å². The molecule has 0 saturated heterocycles. The van der Waals surface area contributed by atoms with E-state index in [4.69, 9.17) is 17.0 Å². The third-order valence-electron chi connectivity index (χ3n) is 3.12. The number of nitrogens with zero attached hydrogens (tertiary/aromatic N) is 1. The molecule has 5 nitrogen and oxygen atoms in total. The molecule has 122 valence electrons. The number of thiazole rings is 1. The van der Waals surface area contributed by atoms with Crippen LogP contribution in [0.3, 0.4) is 0 Å². The number of methoxy groups -OCH3 is 1. The number of anilines is 1. The van der Waals surface area contributed by atoms with Gasteiger partial charge in [-0.15, -0.1) is 11.3 Å². The van der Waals surface area contributed by atoms with Gasteiger partial charge in [-0.2, -0.15) is 0 Å². The zero-order chi connectivity index (χ0) is 16.7. The van der Waals surface area contributed by atoms with Crippen LogP contribution in [-0.4, -0.2) is 23.1 Å². The molecule has 7 heteroatoms. The van der Waals surface area contributed by atoms with Crippen LogP contribution in [0, 0.1) is 0 Å². The van der Waals surface area contributed by atoms with E-state index in [2.05, 4.69) is 15.6 Å². The SMILES string of the molecule is CCCCC(=O)NC(=S)Nc1nc(-c2ccc(OC)cc2)cs1. The Balaban J connectivity index is 1.93. The summed E-state index contributed by atoms with van der Waals surface area (Å²) in [4.78, 5) is 16.1. The molecule has 0 radical (unpaired) electrons. The fraction of sp³-hybridized carbons (Fsp3) is 0.312. The van der Waals surface area contributed by atoms with Crippen molar-refractivity contribution in [1.29, 1.82) is 0 Å². The van der Waals surface area contributed by atoms with Crippen molar-refractivity contribution in [3.8, 4) is 17.0 Å². The Morgan fingerprint density at radius 2 is 2.09 bits per heavy atom. The van der Waals surface area contributed by atoms with Crippen LogP contribution < -0.4 is 15.4 Å². The minimum Gasteiger partial charge on any atom is -0.497 e. The zero-order valence-electron chi connectivity index (χ0n) is 13.1. The van der Waals surface area contributed by atoms with Gasteiger partial charge in [0, 0.05) is 17.4 Å². The Hall–Kier alpha value is -1.99. The number of carbonyl (C=O) groups is 1. The predicted octanol–water partition coefficient (Wildman–Crippen LogP) is 3.82. The molecule has 1 heterocycles. The molecule has 2 N–H and O–H groups in total. The van der Waals surface area contributed by atoms with Crippen molar-refractivity contribution in [2.45, 2.75) is 26.2 Å². The van der Waals surface area contributed by atoms with Crippen molar-refractivity contribution in [3.05, 3.63) is 29.6 Å². The van der Waals surface area contributed by atoms with E-state index in [-0.39, 0.29) is 11.0 Å². The maximum Gasteiger partial charge on any atom is 0.226 e. The van der Waals surface area contributed by atoms with Crippen LogP contribution in [0.1, 0.15) is 26.2 Å². The molecule has 0 unspecified atom stereocenters. The molecule has 2 rings (SSSR count). The number of benzene rings is 1. The molecule has 0 aliphatic heterocycles. The van der Waals surface area contributed by atoms with E-state index in [9.17, 15) is 4.79 Å². The van der Waals surface area contributed by atoms with Crippen molar-refractivity contribution in [1.82, 2.24) is 10.3 Å². The average Bonchev–Trinajstić information content (AvgIpc) is 3.01. The van der Waals surface area contributed by atoms with E-state index in [1.165, 1.54) is 11.3 Å². The second kappa shape index (κ2) is 8.59. The van der Waals surface area contributed by atoms with Gasteiger partial charge in [-0.25, -0.2) is 4.98 Å². The normalized spacial score (nSPS) is 10.2. The number of amides is 1. The molecule has 1 aromatic carbocycles. The lowest BCUT2D eigenvalue weighted by atomic mass is 10.2. The fourth-order valence-corrected chi connectivity index (χ4v) is 2.88. The van der Waals surface area contributed by atoms with Crippen molar-refractivity contribution in [2.24, 2.45) is 0 Å². The van der Waals surface area contributed by atoms with E-state index in [1.807, 2.05) is 36.6 Å². The van der Waals surface area contributed by atoms with Gasteiger partial charge >= 0.3 is 0 Å². The highest BCUT2D eigenvalue weighted by Gasteiger charge is 2.08. The van der Waals surface area contributed by atoms with Gasteiger partial charge < -0.3 is 15.4 Å². The zero-order valence-corrected chi connectivity index (χ0v) is 14.7. The molecular weight excluding hydrogens is 330 g/mol. The van der Waals surface area contributed by atoms with Crippen LogP contribution in [0.2, 0.25) is 0 Å². The summed E-state index contributed by atoms with van der Waals surface area (Å²) in [5, 5.41) is 8.47. The number of hydrogen-bond acceptors (Lipinski definition) is 5. The summed E-state index contributed by atoms with van der Waals surface area (Å²) in [6, 6.07) is 7.67. The molecule has 0 spiro atoms. The molecule has 0 fully saturated rings. The molecule has 0 bridgehead atoms. The highest BCUT2D eigenvalue weighted by atomic mass is 32.1. The summed E-state index contributed by atoms with van der Waals surface area (Å²) in [5.74, 6) is 0.731. The van der Waals surface area contributed by atoms with E-state index in [1.54, 1.807) is 7.11 Å². The fourth-order valence-electron chi connectivity index (χ4n) is 1.88. The number of carbonyl (C=O) groups excluding carboxylic acids is 1. The number of hydrogen-bond donors (Lipinski definition) is 2. The van der Waals surface area contributed by atoms with Gasteiger partial charge in [0.15, 0.2) is 10.2 Å². The number of ether oxygens (including phenoxy) is 1. The summed E-state index contributed by atoms with van der Waals surface area (Å²) in [5.41, 5.74) is 1.84. The Kier molecular flexibility index (Phi) is 6.49. The summed E-state index contributed by atoms with van der Waals surface area (Å²) in [7, 11) is 1.63. The third kappa shape index (κ3) is 5.30. The van der Waals surface area contributed by atoms with E-state index in [0.717, 1.165) is 29.8 Å². The maximum absolute atomic E-state index is 11.6. The number of thiocarbonyl (C=S) groups is 1. The van der Waals surface area contributed by atoms with Gasteiger partial charge in [-0.1, -0.05) is 13.3 Å². The van der Waals surface area contributed by atoms with Crippen LogP contribution in [0.5, 0.6) is 5.75 Å². The first-order valence-electron chi connectivity index (χ1n) is 7.33. The molecule has 2 aromatic rings. The maximum atomic E-state index is 11.6. The standard InChI is InChI=1S/C16H19N3O2S2/c1-3-4-5-14(20)18-15(22)19-16-17-13(10-23-16)11-6-8-12(21-2)9-7-11/h6-10H,3-5H2,1-2H3,(H2,17,18,19,20,22). The highest BCUT2D eigenvalue weighted by Crippen LogP contribution is 2.26. The number of aromatic nitrogens is 1. The van der Waals surface area contributed by atoms with Crippen LogP contribution in [0.15, 0.2) is 29.6 Å². The average molecular weight is 349 g/mol. The molecule has 0 aliphatic rings. The first-order chi connectivity index (χ1) is 11.1. The summed E-state index contributed by atoms with van der Waals surface area (Å²) < 4.78 is 5.14. The first-order valence-corrected chi connectivity index (χ1v) is 8.62. The second-order valence-electron chi connectivity index (χ2n) is 4.87. The Bertz CT molecular complexity index is 668. The predicted molar refractivity (Wildman–Crippen MR) is 98.0 cm³/mol. The van der Waals surface area contributed by atoms with Crippen LogP contribution in [0.4, 0.5) is 5.13 Å². The molecule has 1 amide bonds. The van der Waals surface area contributed by atoms with Gasteiger partial charge in [0.2, 0.25) is 5.91 Å². The topological polar surface area (TPSA) is 63.2 Å². The molecule has 0 saturated carbocycles. The van der Waals surface area contributed by atoms with Crippen molar-refractivity contribution in [3.63, 3.8) is 0 Å². The Labute approximate surface area is 145 Å². The van der Waals surface area contributed by atoms with Gasteiger partial charge in [0.1, 0.15) is 5.75 Å². The lowest BCUT2D eigenvalue weighted by molar-refractivity contribution is -0.119. The van der Waals surface area contributed by atoms with Gasteiger partial charge in [-0.3, -0.25) is 4.79 Å². The van der Waals surface area contributed by atoms with Gasteiger partial charge in [-0.05, 0) is 42.9 Å². The smallest absolute Gasteiger partial charge is 0.226 e. The monoisotopic (exact) mass is 349 g/mol.